The number of fused-ring (bicyclic) bond motifs is 6. The van der Waals surface area contributed by atoms with Crippen LogP contribution in [0.1, 0.15) is 68.0 Å². The zero-order valence-corrected chi connectivity index (χ0v) is 20.3. The first-order chi connectivity index (χ1) is 15.3. The summed E-state index contributed by atoms with van der Waals surface area (Å²) in [6, 6.07) is 26.8. The van der Waals surface area contributed by atoms with Gasteiger partial charge in [-0.3, -0.25) is 0 Å². The van der Waals surface area contributed by atoms with Crippen molar-refractivity contribution in [3.8, 4) is 11.3 Å². The van der Waals surface area contributed by atoms with Gasteiger partial charge in [0.25, 0.3) is 0 Å². The molecule has 0 bridgehead atoms. The van der Waals surface area contributed by atoms with Crippen LogP contribution < -0.4 is 0 Å². The molecule has 2 unspecified atom stereocenters. The standard InChI is InChI=1S/C30H29NS/c1-29(2,3)22-17-24(31-23-15-8-6-11-18(22)23)19-13-10-14-21-26(19)30(4,5)27-20-12-7-9-16-25(20)32-28(21)27/h6-17,27-28H,1-5H3. The number of para-hydroxylation sites is 1. The lowest BCUT2D eigenvalue weighted by Crippen LogP contribution is -2.22. The third-order valence-electron chi connectivity index (χ3n) is 7.44. The molecule has 1 nitrogen and oxygen atoms in total. The van der Waals surface area contributed by atoms with Gasteiger partial charge in [0.2, 0.25) is 0 Å². The Hall–Kier alpha value is -2.58. The molecule has 0 saturated heterocycles. The predicted molar refractivity (Wildman–Crippen MR) is 137 cm³/mol. The summed E-state index contributed by atoms with van der Waals surface area (Å²) in [5, 5.41) is 1.75. The summed E-state index contributed by atoms with van der Waals surface area (Å²) in [5.41, 5.74) is 9.45. The van der Waals surface area contributed by atoms with Crippen molar-refractivity contribution in [3.63, 3.8) is 0 Å². The minimum absolute atomic E-state index is 0.0470. The number of hydrogen-bond acceptors (Lipinski definition) is 2. The van der Waals surface area contributed by atoms with Crippen LogP contribution in [-0.2, 0) is 10.8 Å². The average Bonchev–Trinajstić information content (AvgIpc) is 3.26. The highest BCUT2D eigenvalue weighted by molar-refractivity contribution is 8.00. The molecule has 2 heteroatoms. The molecule has 32 heavy (non-hydrogen) atoms. The van der Waals surface area contributed by atoms with Gasteiger partial charge < -0.3 is 0 Å². The second kappa shape index (κ2) is 6.71. The smallest absolute Gasteiger partial charge is 0.0715 e. The first-order valence-corrected chi connectivity index (χ1v) is 12.4. The molecule has 1 aliphatic heterocycles. The van der Waals surface area contributed by atoms with Gasteiger partial charge in [-0.05, 0) is 51.3 Å². The Morgan fingerprint density at radius 2 is 1.56 bits per heavy atom. The van der Waals surface area contributed by atoms with Crippen LogP contribution in [0.5, 0.6) is 0 Å². The molecule has 0 saturated carbocycles. The maximum atomic E-state index is 5.19. The fourth-order valence-electron chi connectivity index (χ4n) is 6.05. The van der Waals surface area contributed by atoms with Crippen LogP contribution in [0.25, 0.3) is 22.2 Å². The number of thioether (sulfide) groups is 1. The molecule has 1 aliphatic carbocycles. The Kier molecular flexibility index (Phi) is 4.21. The summed E-state index contributed by atoms with van der Waals surface area (Å²) in [7, 11) is 0. The van der Waals surface area contributed by atoms with Crippen LogP contribution in [0.15, 0.2) is 77.7 Å². The molecule has 0 N–H and O–H groups in total. The predicted octanol–water partition coefficient (Wildman–Crippen LogP) is 8.42. The van der Waals surface area contributed by atoms with E-state index in [2.05, 4.69) is 107 Å². The summed E-state index contributed by atoms with van der Waals surface area (Å²) in [6.07, 6.45) is 0. The van der Waals surface area contributed by atoms with Crippen LogP contribution >= 0.6 is 11.8 Å². The van der Waals surface area contributed by atoms with Crippen molar-refractivity contribution >= 4 is 22.7 Å². The first kappa shape index (κ1) is 20.1. The highest BCUT2D eigenvalue weighted by atomic mass is 32.2. The van der Waals surface area contributed by atoms with Crippen LogP contribution in [0, 0.1) is 0 Å². The molecule has 0 amide bonds. The minimum atomic E-state index is 0.0470. The van der Waals surface area contributed by atoms with E-state index in [1.54, 1.807) is 0 Å². The molecule has 0 fully saturated rings. The van der Waals surface area contributed by atoms with Crippen LogP contribution in [0.2, 0.25) is 0 Å². The Bertz CT molecular complexity index is 1380. The summed E-state index contributed by atoms with van der Waals surface area (Å²) in [6.45, 7) is 11.8. The van der Waals surface area contributed by atoms with Gasteiger partial charge in [-0.25, -0.2) is 4.98 Å². The van der Waals surface area contributed by atoms with Crippen molar-refractivity contribution < 1.29 is 0 Å². The van der Waals surface area contributed by atoms with Gasteiger partial charge in [0, 0.05) is 27.0 Å². The van der Waals surface area contributed by atoms with Gasteiger partial charge in [-0.1, -0.05) is 89.2 Å². The van der Waals surface area contributed by atoms with Crippen LogP contribution in [-0.4, -0.2) is 4.98 Å². The van der Waals surface area contributed by atoms with E-state index in [-0.39, 0.29) is 10.8 Å². The number of aromatic nitrogens is 1. The summed E-state index contributed by atoms with van der Waals surface area (Å²) >= 11 is 2.05. The quantitative estimate of drug-likeness (QED) is 0.297. The molecular formula is C30H29NS. The van der Waals surface area contributed by atoms with Gasteiger partial charge >= 0.3 is 0 Å². The Morgan fingerprint density at radius 1 is 0.844 bits per heavy atom. The van der Waals surface area contributed by atoms with Gasteiger partial charge in [0.1, 0.15) is 0 Å². The molecule has 1 aromatic heterocycles. The molecule has 0 radical (unpaired) electrons. The zero-order chi connectivity index (χ0) is 22.3. The lowest BCUT2D eigenvalue weighted by molar-refractivity contribution is 0.446. The first-order valence-electron chi connectivity index (χ1n) is 11.6. The van der Waals surface area contributed by atoms with Gasteiger partial charge in [0.15, 0.2) is 0 Å². The largest absolute Gasteiger partial charge is 0.248 e. The van der Waals surface area contributed by atoms with E-state index in [9.17, 15) is 0 Å². The van der Waals surface area contributed by atoms with E-state index in [4.69, 9.17) is 4.98 Å². The van der Waals surface area contributed by atoms with Crippen LogP contribution in [0.4, 0.5) is 0 Å². The summed E-state index contributed by atoms with van der Waals surface area (Å²) in [5.74, 6) is 0.502. The lowest BCUT2D eigenvalue weighted by Gasteiger charge is -2.30. The number of nitrogens with zero attached hydrogens (tertiary/aromatic N) is 1. The second-order valence-electron chi connectivity index (χ2n) is 10.9. The molecule has 0 spiro atoms. The molecule has 2 heterocycles. The third-order valence-corrected chi connectivity index (χ3v) is 8.84. The van der Waals surface area contributed by atoms with Crippen molar-refractivity contribution in [3.05, 3.63) is 95.1 Å². The average molecular weight is 436 g/mol. The minimum Gasteiger partial charge on any atom is -0.248 e. The Labute approximate surface area is 195 Å². The summed E-state index contributed by atoms with van der Waals surface area (Å²) < 4.78 is 0. The van der Waals surface area contributed by atoms with E-state index in [0.717, 1.165) is 11.2 Å². The van der Waals surface area contributed by atoms with Gasteiger partial charge in [-0.2, -0.15) is 0 Å². The number of pyridine rings is 1. The number of benzene rings is 3. The van der Waals surface area contributed by atoms with Crippen molar-refractivity contribution in [1.82, 2.24) is 4.98 Å². The molecule has 3 aromatic carbocycles. The zero-order valence-electron chi connectivity index (χ0n) is 19.4. The number of hydrogen-bond donors (Lipinski definition) is 0. The second-order valence-corrected chi connectivity index (χ2v) is 12.1. The van der Waals surface area contributed by atoms with E-state index >= 15 is 0 Å². The molecule has 160 valence electrons. The molecule has 4 aromatic rings. The molecule has 2 aliphatic rings. The maximum Gasteiger partial charge on any atom is 0.0715 e. The summed E-state index contributed by atoms with van der Waals surface area (Å²) in [4.78, 5) is 6.64. The van der Waals surface area contributed by atoms with Crippen molar-refractivity contribution in [2.24, 2.45) is 0 Å². The van der Waals surface area contributed by atoms with Crippen molar-refractivity contribution in [2.45, 2.75) is 61.5 Å². The van der Waals surface area contributed by atoms with Crippen LogP contribution in [0.3, 0.4) is 0 Å². The maximum absolute atomic E-state index is 5.19. The highest BCUT2D eigenvalue weighted by Gasteiger charge is 2.52. The number of rotatable bonds is 1. The molecule has 6 rings (SSSR count). The Morgan fingerprint density at radius 3 is 2.38 bits per heavy atom. The van der Waals surface area contributed by atoms with Gasteiger partial charge in [-0.15, -0.1) is 11.8 Å². The van der Waals surface area contributed by atoms with Crippen molar-refractivity contribution in [2.75, 3.05) is 0 Å². The molecule has 2 atom stereocenters. The topological polar surface area (TPSA) is 12.9 Å². The fourth-order valence-corrected chi connectivity index (χ4v) is 7.76. The van der Waals surface area contributed by atoms with Gasteiger partial charge in [0.05, 0.1) is 11.2 Å². The lowest BCUT2D eigenvalue weighted by atomic mass is 9.73. The monoisotopic (exact) mass is 435 g/mol. The van der Waals surface area contributed by atoms with E-state index < -0.39 is 0 Å². The fraction of sp³-hybridized carbons (Fsp3) is 0.300. The SMILES string of the molecule is CC(C)(C)c1cc(-c2cccc3c2C(C)(C)C2c4ccccc4SC32)nc2ccccc12. The Balaban J connectivity index is 1.60. The van der Waals surface area contributed by atoms with Crippen molar-refractivity contribution in [1.29, 1.82) is 0 Å². The van der Waals surface area contributed by atoms with E-state index in [0.29, 0.717) is 11.2 Å². The highest BCUT2D eigenvalue weighted by Crippen LogP contribution is 2.67. The third kappa shape index (κ3) is 2.75. The normalized spacial score (nSPS) is 20.8. The molecular weight excluding hydrogens is 406 g/mol. The van der Waals surface area contributed by atoms with E-state index in [1.807, 2.05) is 11.8 Å². The van der Waals surface area contributed by atoms with E-state index in [1.165, 1.54) is 38.1 Å².